The van der Waals surface area contributed by atoms with Crippen LogP contribution in [0.5, 0.6) is 0 Å². The maximum absolute atomic E-state index is 12.2. The van der Waals surface area contributed by atoms with Crippen LogP contribution in [0.25, 0.3) is 0 Å². The molecule has 0 saturated heterocycles. The molecule has 2 N–H and O–H groups in total. The van der Waals surface area contributed by atoms with E-state index in [9.17, 15) is 8.42 Å². The van der Waals surface area contributed by atoms with E-state index in [1.165, 1.54) is 6.07 Å². The lowest BCUT2D eigenvalue weighted by Crippen LogP contribution is -2.13. The van der Waals surface area contributed by atoms with Crippen LogP contribution in [-0.4, -0.2) is 15.0 Å². The molecule has 21 heavy (non-hydrogen) atoms. The van der Waals surface area contributed by atoms with Crippen molar-refractivity contribution in [3.8, 4) is 0 Å². The molecule has 0 spiro atoms. The summed E-state index contributed by atoms with van der Waals surface area (Å²) >= 11 is 9.12. The van der Waals surface area contributed by atoms with Crippen molar-refractivity contribution in [3.05, 3.63) is 45.6 Å². The number of halogens is 2. The van der Waals surface area contributed by atoms with E-state index in [4.69, 9.17) is 16.0 Å². The minimum Gasteiger partial charge on any atom is -0.446 e. The van der Waals surface area contributed by atoms with E-state index < -0.39 is 10.0 Å². The SMILES string of the molecule is CCNCc1ccc(S(=O)(=O)Nc2ccc(Cl)c(Br)c2)o1. The van der Waals surface area contributed by atoms with Crippen LogP contribution in [0.4, 0.5) is 5.69 Å². The molecule has 0 unspecified atom stereocenters. The Morgan fingerprint density at radius 2 is 2.05 bits per heavy atom. The highest BCUT2D eigenvalue weighted by molar-refractivity contribution is 9.10. The van der Waals surface area contributed by atoms with Crippen LogP contribution in [0.3, 0.4) is 0 Å². The van der Waals surface area contributed by atoms with Crippen molar-refractivity contribution in [1.29, 1.82) is 0 Å². The number of benzene rings is 1. The van der Waals surface area contributed by atoms with Gasteiger partial charge in [-0.3, -0.25) is 4.72 Å². The first-order chi connectivity index (χ1) is 9.92. The van der Waals surface area contributed by atoms with E-state index in [1.807, 2.05) is 6.92 Å². The van der Waals surface area contributed by atoms with Crippen molar-refractivity contribution < 1.29 is 12.8 Å². The Kier molecular flexibility index (Phi) is 5.32. The third kappa shape index (κ3) is 4.23. The Labute approximate surface area is 136 Å². The molecule has 1 aromatic heterocycles. The summed E-state index contributed by atoms with van der Waals surface area (Å²) in [6, 6.07) is 7.83. The molecule has 8 heteroatoms. The molecule has 0 saturated carbocycles. The van der Waals surface area contributed by atoms with Gasteiger partial charge in [0, 0.05) is 4.47 Å². The largest absolute Gasteiger partial charge is 0.446 e. The summed E-state index contributed by atoms with van der Waals surface area (Å²) in [6.07, 6.45) is 0. The lowest BCUT2D eigenvalue weighted by Gasteiger charge is -2.07. The van der Waals surface area contributed by atoms with E-state index >= 15 is 0 Å². The summed E-state index contributed by atoms with van der Waals surface area (Å²) in [7, 11) is -3.76. The van der Waals surface area contributed by atoms with Crippen LogP contribution >= 0.6 is 27.5 Å². The molecule has 0 atom stereocenters. The fourth-order valence-corrected chi connectivity index (χ4v) is 3.11. The second-order valence-electron chi connectivity index (χ2n) is 4.24. The Morgan fingerprint density at radius 3 is 2.71 bits per heavy atom. The second-order valence-corrected chi connectivity index (χ2v) is 7.11. The van der Waals surface area contributed by atoms with Crippen molar-refractivity contribution in [1.82, 2.24) is 5.32 Å². The van der Waals surface area contributed by atoms with Gasteiger partial charge in [-0.1, -0.05) is 18.5 Å². The zero-order valence-corrected chi connectivity index (χ0v) is 14.3. The number of nitrogens with one attached hydrogen (secondary N) is 2. The highest BCUT2D eigenvalue weighted by Gasteiger charge is 2.19. The zero-order chi connectivity index (χ0) is 15.5. The minimum absolute atomic E-state index is 0.124. The number of anilines is 1. The van der Waals surface area contributed by atoms with Crippen LogP contribution in [-0.2, 0) is 16.6 Å². The van der Waals surface area contributed by atoms with Crippen molar-refractivity contribution in [2.24, 2.45) is 0 Å². The molecule has 0 aliphatic rings. The summed E-state index contributed by atoms with van der Waals surface area (Å²) in [5.74, 6) is 0.564. The predicted octanol–water partition coefficient (Wildman–Crippen LogP) is 3.61. The van der Waals surface area contributed by atoms with Gasteiger partial charge in [0.2, 0.25) is 5.09 Å². The summed E-state index contributed by atoms with van der Waals surface area (Å²) in [4.78, 5) is 0. The van der Waals surface area contributed by atoms with Gasteiger partial charge in [0.1, 0.15) is 5.76 Å². The van der Waals surface area contributed by atoms with Gasteiger partial charge in [0.25, 0.3) is 10.0 Å². The van der Waals surface area contributed by atoms with E-state index in [0.29, 0.717) is 27.5 Å². The van der Waals surface area contributed by atoms with Gasteiger partial charge in [-0.15, -0.1) is 0 Å². The number of sulfonamides is 1. The molecule has 2 aromatic rings. The van der Waals surface area contributed by atoms with Gasteiger partial charge in [-0.2, -0.15) is 8.42 Å². The van der Waals surface area contributed by atoms with E-state index in [1.54, 1.807) is 24.3 Å². The van der Waals surface area contributed by atoms with Crippen LogP contribution in [0.15, 0.2) is 44.3 Å². The van der Waals surface area contributed by atoms with Crippen molar-refractivity contribution in [2.75, 3.05) is 11.3 Å². The molecule has 1 aromatic carbocycles. The molecule has 2 rings (SSSR count). The third-order valence-electron chi connectivity index (χ3n) is 2.62. The van der Waals surface area contributed by atoms with Crippen molar-refractivity contribution in [2.45, 2.75) is 18.6 Å². The molecule has 0 bridgehead atoms. The van der Waals surface area contributed by atoms with Gasteiger partial charge in [0.05, 0.1) is 17.3 Å². The highest BCUT2D eigenvalue weighted by Crippen LogP contribution is 2.27. The fraction of sp³-hybridized carbons (Fsp3) is 0.231. The number of hydrogen-bond acceptors (Lipinski definition) is 4. The first-order valence-electron chi connectivity index (χ1n) is 6.19. The molecule has 5 nitrogen and oxygen atoms in total. The van der Waals surface area contributed by atoms with E-state index in [-0.39, 0.29) is 5.09 Å². The van der Waals surface area contributed by atoms with Crippen molar-refractivity contribution in [3.63, 3.8) is 0 Å². The standard InChI is InChI=1S/C13H14BrClN2O3S/c1-2-16-8-10-4-6-13(20-10)21(18,19)17-9-3-5-12(15)11(14)7-9/h3-7,16-17H,2,8H2,1H3. The number of hydrogen-bond donors (Lipinski definition) is 2. The zero-order valence-electron chi connectivity index (χ0n) is 11.2. The van der Waals surface area contributed by atoms with Gasteiger partial charge in [0.15, 0.2) is 0 Å². The van der Waals surface area contributed by atoms with Crippen LogP contribution in [0.2, 0.25) is 5.02 Å². The van der Waals surface area contributed by atoms with Gasteiger partial charge < -0.3 is 9.73 Å². The monoisotopic (exact) mass is 392 g/mol. The van der Waals surface area contributed by atoms with Gasteiger partial charge in [-0.25, -0.2) is 0 Å². The number of rotatable bonds is 6. The molecular weight excluding hydrogens is 380 g/mol. The molecule has 0 amide bonds. The van der Waals surface area contributed by atoms with E-state index in [0.717, 1.165) is 6.54 Å². The fourth-order valence-electron chi connectivity index (χ4n) is 1.61. The Morgan fingerprint density at radius 1 is 1.29 bits per heavy atom. The van der Waals surface area contributed by atoms with Crippen LogP contribution in [0, 0.1) is 0 Å². The second kappa shape index (κ2) is 6.83. The maximum Gasteiger partial charge on any atom is 0.295 e. The first-order valence-corrected chi connectivity index (χ1v) is 8.85. The summed E-state index contributed by atoms with van der Waals surface area (Å²) < 4.78 is 32.8. The molecule has 0 aliphatic heterocycles. The average molecular weight is 394 g/mol. The lowest BCUT2D eigenvalue weighted by molar-refractivity contribution is 0.405. The van der Waals surface area contributed by atoms with Crippen LogP contribution < -0.4 is 10.0 Å². The Bertz CT molecular complexity index is 731. The third-order valence-corrected chi connectivity index (χ3v) is 5.09. The minimum atomic E-state index is -3.76. The van der Waals surface area contributed by atoms with E-state index in [2.05, 4.69) is 26.0 Å². The molecule has 1 heterocycles. The van der Waals surface area contributed by atoms with Gasteiger partial charge in [-0.05, 0) is 52.8 Å². The smallest absolute Gasteiger partial charge is 0.295 e. The predicted molar refractivity (Wildman–Crippen MR) is 86.0 cm³/mol. The Hall–Kier alpha value is -1.02. The molecule has 0 fully saturated rings. The Balaban J connectivity index is 2.17. The molecular formula is C13H14BrClN2O3S. The molecule has 114 valence electrons. The molecule has 0 radical (unpaired) electrons. The van der Waals surface area contributed by atoms with Gasteiger partial charge >= 0.3 is 0 Å². The first kappa shape index (κ1) is 16.4. The van der Waals surface area contributed by atoms with Crippen molar-refractivity contribution >= 4 is 43.2 Å². The summed E-state index contributed by atoms with van der Waals surface area (Å²) in [5, 5.41) is 3.44. The maximum atomic E-state index is 12.2. The quantitative estimate of drug-likeness (QED) is 0.786. The summed E-state index contributed by atoms with van der Waals surface area (Å²) in [5.41, 5.74) is 0.399. The topological polar surface area (TPSA) is 71.3 Å². The van der Waals surface area contributed by atoms with Crippen LogP contribution in [0.1, 0.15) is 12.7 Å². The number of furan rings is 1. The highest BCUT2D eigenvalue weighted by atomic mass is 79.9. The normalized spacial score (nSPS) is 11.6. The lowest BCUT2D eigenvalue weighted by atomic mass is 10.3. The average Bonchev–Trinajstić information content (AvgIpc) is 2.90. The molecule has 0 aliphatic carbocycles. The summed E-state index contributed by atoms with van der Waals surface area (Å²) in [6.45, 7) is 3.22.